The molecule has 0 saturated heterocycles. The minimum Gasteiger partial charge on any atom is -0.0845 e. The highest BCUT2D eigenvalue weighted by molar-refractivity contribution is 14.1. The van der Waals surface area contributed by atoms with Crippen molar-refractivity contribution in [2.24, 2.45) is 47.3 Å². The van der Waals surface area contributed by atoms with Crippen LogP contribution in [-0.4, -0.2) is 7.85 Å². The van der Waals surface area contributed by atoms with Crippen LogP contribution in [0.5, 0.6) is 0 Å². The maximum absolute atomic E-state index is 2.78. The zero-order chi connectivity index (χ0) is 20.2. The monoisotopic (exact) mass is 586 g/mol. The zero-order valence-corrected chi connectivity index (χ0v) is 23.0. The summed E-state index contributed by atoms with van der Waals surface area (Å²) in [6, 6.07) is 0. The molecule has 0 aromatic rings. The van der Waals surface area contributed by atoms with Crippen molar-refractivity contribution < 1.29 is 0 Å². The van der Waals surface area contributed by atoms with Crippen LogP contribution in [0.3, 0.4) is 0 Å². The summed E-state index contributed by atoms with van der Waals surface area (Å²) in [7, 11) is 0. The number of allylic oxidation sites excluding steroid dienone is 2. The van der Waals surface area contributed by atoms with Crippen LogP contribution in [-0.2, 0) is 0 Å². The van der Waals surface area contributed by atoms with Gasteiger partial charge in [-0.15, -0.1) is 0 Å². The van der Waals surface area contributed by atoms with E-state index >= 15 is 0 Å². The van der Waals surface area contributed by atoms with Crippen molar-refractivity contribution in [2.75, 3.05) is 0 Å². The van der Waals surface area contributed by atoms with Crippen molar-refractivity contribution in [1.29, 1.82) is 0 Å². The summed E-state index contributed by atoms with van der Waals surface area (Å²) in [5.74, 6) is 6.34. The second-order valence-corrected chi connectivity index (χ2v) is 12.3. The molecule has 8 atom stereocenters. The van der Waals surface area contributed by atoms with Crippen molar-refractivity contribution in [3.05, 3.63) is 11.6 Å². The molecule has 0 fully saturated rings. The van der Waals surface area contributed by atoms with E-state index in [1.165, 1.54) is 19.3 Å². The van der Waals surface area contributed by atoms with Gasteiger partial charge in [-0.05, 0) is 53.8 Å². The van der Waals surface area contributed by atoms with E-state index in [-0.39, 0.29) is 0 Å². The summed E-state index contributed by atoms with van der Waals surface area (Å²) in [5, 5.41) is 0. The van der Waals surface area contributed by atoms with Crippen molar-refractivity contribution >= 4 is 45.2 Å². The topological polar surface area (TPSA) is 0 Å². The maximum atomic E-state index is 2.78. The predicted molar refractivity (Wildman–Crippen MR) is 137 cm³/mol. The van der Waals surface area contributed by atoms with E-state index in [0.717, 1.165) is 49.3 Å². The predicted octanol–water partition coefficient (Wildman–Crippen LogP) is 8.81. The van der Waals surface area contributed by atoms with Gasteiger partial charge in [0.1, 0.15) is 0 Å². The largest absolute Gasteiger partial charge is 0.0845 e. The van der Waals surface area contributed by atoms with Crippen LogP contribution in [0, 0.1) is 47.3 Å². The molecule has 2 heteroatoms. The molecule has 0 amide bonds. The summed E-state index contributed by atoms with van der Waals surface area (Å²) in [6.07, 6.45) is 6.56. The van der Waals surface area contributed by atoms with E-state index in [9.17, 15) is 0 Å². The van der Waals surface area contributed by atoms with Crippen LogP contribution in [0.2, 0.25) is 0 Å². The van der Waals surface area contributed by atoms with Gasteiger partial charge in [0.05, 0.1) is 0 Å². The number of alkyl halides is 2. The van der Waals surface area contributed by atoms with E-state index < -0.39 is 0 Å². The first-order valence-electron chi connectivity index (χ1n) is 11.1. The van der Waals surface area contributed by atoms with Gasteiger partial charge in [-0.25, -0.2) is 0 Å². The summed E-state index contributed by atoms with van der Waals surface area (Å²) >= 11 is 5.53. The van der Waals surface area contributed by atoms with Gasteiger partial charge in [0.15, 0.2) is 0 Å². The molecular formula is C24H44I2. The Morgan fingerprint density at radius 3 is 1.92 bits per heavy atom. The third-order valence-electron chi connectivity index (χ3n) is 7.84. The molecule has 0 aromatic heterocycles. The Bertz CT molecular complexity index is 437. The molecule has 0 heterocycles. The first-order chi connectivity index (χ1) is 12.1. The second-order valence-electron chi connectivity index (χ2n) is 9.47. The normalized spacial score (nSPS) is 28.0. The molecule has 0 radical (unpaired) electrons. The first kappa shape index (κ1) is 25.2. The molecule has 1 aliphatic carbocycles. The number of halogens is 2. The number of rotatable bonds is 10. The number of hydrogen-bond donors (Lipinski definition) is 0. The Balaban J connectivity index is 2.79. The zero-order valence-electron chi connectivity index (χ0n) is 18.7. The first-order valence-corrected chi connectivity index (χ1v) is 13.5. The van der Waals surface area contributed by atoms with Gasteiger partial charge in [-0.1, -0.05) is 132 Å². The van der Waals surface area contributed by atoms with Gasteiger partial charge >= 0.3 is 0 Å². The Labute approximate surface area is 192 Å². The summed E-state index contributed by atoms with van der Waals surface area (Å²) in [5.41, 5.74) is 1.76. The van der Waals surface area contributed by atoms with E-state index in [0.29, 0.717) is 5.92 Å². The van der Waals surface area contributed by atoms with Gasteiger partial charge in [0.25, 0.3) is 0 Å². The van der Waals surface area contributed by atoms with Crippen molar-refractivity contribution in [2.45, 2.75) is 89.4 Å². The Kier molecular flexibility index (Phi) is 11.1. The molecular weight excluding hydrogens is 542 g/mol. The van der Waals surface area contributed by atoms with E-state index in [1.54, 1.807) is 5.57 Å². The van der Waals surface area contributed by atoms with Gasteiger partial charge in [-0.3, -0.25) is 0 Å². The molecule has 0 N–H and O–H groups in total. The van der Waals surface area contributed by atoms with Crippen LogP contribution in [0.4, 0.5) is 0 Å². The van der Waals surface area contributed by atoms with Crippen molar-refractivity contribution in [3.8, 4) is 0 Å². The molecule has 154 valence electrons. The third kappa shape index (κ3) is 5.86. The Hall–Kier alpha value is 1.20. The van der Waals surface area contributed by atoms with Gasteiger partial charge in [0, 0.05) is 7.85 Å². The summed E-state index contributed by atoms with van der Waals surface area (Å²) in [4.78, 5) is 0. The SMILES string of the molecule is CCC(CC)C(I)C(C)C(I)C(C)C(C)C1=CCC(C(C)C(C)C)C1C. The minimum atomic E-state index is 0.712. The lowest BCUT2D eigenvalue weighted by molar-refractivity contribution is 0.227. The lowest BCUT2D eigenvalue weighted by Gasteiger charge is -2.37. The fourth-order valence-corrected chi connectivity index (χ4v) is 8.41. The van der Waals surface area contributed by atoms with Gasteiger partial charge in [-0.2, -0.15) is 0 Å². The molecule has 0 aliphatic heterocycles. The highest BCUT2D eigenvalue weighted by Gasteiger charge is 2.38. The van der Waals surface area contributed by atoms with Crippen LogP contribution in [0.15, 0.2) is 11.6 Å². The molecule has 26 heavy (non-hydrogen) atoms. The number of hydrogen-bond acceptors (Lipinski definition) is 0. The average Bonchev–Trinajstić information content (AvgIpc) is 3.00. The minimum absolute atomic E-state index is 0.712. The van der Waals surface area contributed by atoms with Gasteiger partial charge in [0.2, 0.25) is 0 Å². The summed E-state index contributed by atoms with van der Waals surface area (Å²) < 4.78 is 1.54. The fourth-order valence-electron chi connectivity index (χ4n) is 5.08. The quantitative estimate of drug-likeness (QED) is 0.136. The molecule has 0 aromatic carbocycles. The molecule has 0 bridgehead atoms. The maximum Gasteiger partial charge on any atom is 0.0176 e. The van der Waals surface area contributed by atoms with Crippen LogP contribution in [0.1, 0.15) is 81.6 Å². The van der Waals surface area contributed by atoms with Crippen LogP contribution < -0.4 is 0 Å². The molecule has 1 rings (SSSR count). The molecule has 0 spiro atoms. The average molecular weight is 586 g/mol. The third-order valence-corrected chi connectivity index (χ3v) is 12.3. The molecule has 0 saturated carbocycles. The highest BCUT2D eigenvalue weighted by atomic mass is 127. The molecule has 8 unspecified atom stereocenters. The molecule has 1 aliphatic rings. The standard InChI is InChI=1S/C24H44I2/c1-10-20(11-2)24(26)19(9)23(25)17(7)16(6)22-13-12-21(18(22)8)15(5)14(3)4/h13-21,23-24H,10-12H2,1-9H3. The van der Waals surface area contributed by atoms with Crippen LogP contribution >= 0.6 is 45.2 Å². The van der Waals surface area contributed by atoms with E-state index in [2.05, 4.69) is 114 Å². The Morgan fingerprint density at radius 2 is 1.46 bits per heavy atom. The lowest BCUT2D eigenvalue weighted by Crippen LogP contribution is -2.34. The lowest BCUT2D eigenvalue weighted by atomic mass is 9.73. The summed E-state index contributed by atoms with van der Waals surface area (Å²) in [6.45, 7) is 22.0. The molecule has 0 nitrogen and oxygen atoms in total. The van der Waals surface area contributed by atoms with Crippen LogP contribution in [0.25, 0.3) is 0 Å². The fraction of sp³-hybridized carbons (Fsp3) is 0.917. The van der Waals surface area contributed by atoms with Crippen molar-refractivity contribution in [1.82, 2.24) is 0 Å². The van der Waals surface area contributed by atoms with E-state index in [1.807, 2.05) is 0 Å². The smallest absolute Gasteiger partial charge is 0.0176 e. The van der Waals surface area contributed by atoms with E-state index in [4.69, 9.17) is 0 Å². The Morgan fingerprint density at radius 1 is 0.923 bits per heavy atom. The van der Waals surface area contributed by atoms with Gasteiger partial charge < -0.3 is 0 Å². The highest BCUT2D eigenvalue weighted by Crippen LogP contribution is 2.46. The van der Waals surface area contributed by atoms with Crippen molar-refractivity contribution in [3.63, 3.8) is 0 Å². The second kappa shape index (κ2) is 11.4.